The number of aliphatic hydroxyl groups excluding tert-OH is 1. The maximum atomic E-state index is 11.1. The van der Waals surface area contributed by atoms with E-state index in [1.54, 1.807) is 19.1 Å². The van der Waals surface area contributed by atoms with E-state index in [1.807, 2.05) is 12.1 Å². The van der Waals surface area contributed by atoms with Gasteiger partial charge in [0.1, 0.15) is 5.75 Å². The Kier molecular flexibility index (Phi) is 12.0. The SMILES string of the molecule is CC(=O)c1ccc(OCCCCCCO)cc1.CCCCC1CCC1. The van der Waals surface area contributed by atoms with Gasteiger partial charge in [-0.2, -0.15) is 0 Å². The number of hydrogen-bond donors (Lipinski definition) is 1. The first kappa shape index (κ1) is 21.7. The number of ether oxygens (including phenoxy) is 1. The van der Waals surface area contributed by atoms with Crippen molar-refractivity contribution in [1.29, 1.82) is 0 Å². The molecule has 0 spiro atoms. The van der Waals surface area contributed by atoms with Gasteiger partial charge in [0.2, 0.25) is 0 Å². The zero-order chi connectivity index (χ0) is 18.3. The van der Waals surface area contributed by atoms with E-state index in [1.165, 1.54) is 38.5 Å². The normalized spacial score (nSPS) is 13.6. The summed E-state index contributed by atoms with van der Waals surface area (Å²) in [5, 5.41) is 8.61. The van der Waals surface area contributed by atoms with Crippen LogP contribution in [0.3, 0.4) is 0 Å². The lowest BCUT2D eigenvalue weighted by molar-refractivity contribution is 0.101. The molecule has 0 atom stereocenters. The van der Waals surface area contributed by atoms with Crippen LogP contribution < -0.4 is 4.74 Å². The first-order chi connectivity index (χ1) is 12.2. The molecule has 0 saturated heterocycles. The van der Waals surface area contributed by atoms with Crippen molar-refractivity contribution in [3.63, 3.8) is 0 Å². The fourth-order valence-electron chi connectivity index (χ4n) is 2.82. The number of hydrogen-bond acceptors (Lipinski definition) is 3. The monoisotopic (exact) mass is 348 g/mol. The first-order valence-corrected chi connectivity index (χ1v) is 10.0. The zero-order valence-electron chi connectivity index (χ0n) is 16.1. The highest BCUT2D eigenvalue weighted by Gasteiger charge is 2.15. The predicted octanol–water partition coefficient (Wildman–Crippen LogP) is 5.80. The number of benzene rings is 1. The average Bonchev–Trinajstić information content (AvgIpc) is 2.58. The second-order valence-corrected chi connectivity index (χ2v) is 7.01. The van der Waals surface area contributed by atoms with Gasteiger partial charge in [-0.05, 0) is 56.4 Å². The van der Waals surface area contributed by atoms with E-state index in [9.17, 15) is 4.79 Å². The summed E-state index contributed by atoms with van der Waals surface area (Å²) in [5.74, 6) is 2.01. The van der Waals surface area contributed by atoms with E-state index >= 15 is 0 Å². The Balaban J connectivity index is 0.000000324. The van der Waals surface area contributed by atoms with Crippen LogP contribution in [0.15, 0.2) is 24.3 Å². The number of carbonyl (C=O) groups excluding carboxylic acids is 1. The Morgan fingerprint density at radius 1 is 1.08 bits per heavy atom. The minimum absolute atomic E-state index is 0.0700. The highest BCUT2D eigenvalue weighted by atomic mass is 16.5. The van der Waals surface area contributed by atoms with Gasteiger partial charge >= 0.3 is 0 Å². The van der Waals surface area contributed by atoms with E-state index in [0.717, 1.165) is 37.4 Å². The van der Waals surface area contributed by atoms with Gasteiger partial charge in [-0.1, -0.05) is 51.9 Å². The number of aliphatic hydroxyl groups is 1. The number of carbonyl (C=O) groups is 1. The average molecular weight is 349 g/mol. The molecule has 0 aliphatic heterocycles. The summed E-state index contributed by atoms with van der Waals surface area (Å²) in [5.41, 5.74) is 0.709. The molecule has 0 aromatic heterocycles. The molecule has 0 radical (unpaired) electrons. The van der Waals surface area contributed by atoms with Crippen LogP contribution in [0.1, 0.15) is 88.4 Å². The minimum Gasteiger partial charge on any atom is -0.494 e. The number of Topliss-reactive ketones (excluding diaryl/α,β-unsaturated/α-hetero) is 1. The molecular weight excluding hydrogens is 312 g/mol. The van der Waals surface area contributed by atoms with Gasteiger partial charge in [-0.3, -0.25) is 4.79 Å². The van der Waals surface area contributed by atoms with Crippen LogP contribution in [-0.2, 0) is 0 Å². The van der Waals surface area contributed by atoms with E-state index in [2.05, 4.69) is 6.92 Å². The van der Waals surface area contributed by atoms with Gasteiger partial charge in [-0.15, -0.1) is 0 Å². The third-order valence-electron chi connectivity index (χ3n) is 4.77. The molecule has 25 heavy (non-hydrogen) atoms. The number of rotatable bonds is 11. The molecular formula is C22H36O3. The third-order valence-corrected chi connectivity index (χ3v) is 4.77. The molecule has 2 rings (SSSR count). The molecule has 3 heteroatoms. The molecule has 1 aromatic rings. The fraction of sp³-hybridized carbons (Fsp3) is 0.682. The first-order valence-electron chi connectivity index (χ1n) is 10.0. The molecule has 1 aromatic carbocycles. The standard InChI is InChI=1S/C14H20O3.C8H16/c1-12(16)13-6-8-14(9-7-13)17-11-5-3-2-4-10-15;1-2-3-5-8-6-4-7-8/h6-9,15H,2-5,10-11H2,1H3;8H,2-7H2,1H3. The summed E-state index contributed by atoms with van der Waals surface area (Å²) in [6.07, 6.45) is 12.9. The van der Waals surface area contributed by atoms with Crippen LogP contribution in [0.4, 0.5) is 0 Å². The molecule has 142 valence electrons. The Labute approximate surface area is 153 Å². The summed E-state index contributed by atoms with van der Waals surface area (Å²) in [7, 11) is 0. The molecule has 1 saturated carbocycles. The predicted molar refractivity (Wildman–Crippen MR) is 104 cm³/mol. The molecule has 1 N–H and O–H groups in total. The lowest BCUT2D eigenvalue weighted by atomic mass is 9.82. The molecule has 0 unspecified atom stereocenters. The van der Waals surface area contributed by atoms with Gasteiger partial charge in [0.05, 0.1) is 6.61 Å². The van der Waals surface area contributed by atoms with Gasteiger partial charge in [0.15, 0.2) is 5.78 Å². The summed E-state index contributed by atoms with van der Waals surface area (Å²) >= 11 is 0. The van der Waals surface area contributed by atoms with Crippen molar-refractivity contribution >= 4 is 5.78 Å². The van der Waals surface area contributed by atoms with Crippen molar-refractivity contribution in [2.24, 2.45) is 5.92 Å². The Morgan fingerprint density at radius 2 is 1.76 bits per heavy atom. The van der Waals surface area contributed by atoms with Crippen molar-refractivity contribution in [3.05, 3.63) is 29.8 Å². The van der Waals surface area contributed by atoms with E-state index < -0.39 is 0 Å². The quantitative estimate of drug-likeness (QED) is 0.406. The van der Waals surface area contributed by atoms with E-state index in [0.29, 0.717) is 12.2 Å². The van der Waals surface area contributed by atoms with Gasteiger partial charge in [-0.25, -0.2) is 0 Å². The van der Waals surface area contributed by atoms with Crippen LogP contribution >= 0.6 is 0 Å². The van der Waals surface area contributed by atoms with Crippen molar-refractivity contribution in [2.45, 2.75) is 78.1 Å². The third kappa shape index (κ3) is 10.3. The molecule has 1 aliphatic rings. The number of ketones is 1. The van der Waals surface area contributed by atoms with E-state index in [-0.39, 0.29) is 12.4 Å². The summed E-state index contributed by atoms with van der Waals surface area (Å²) in [6.45, 7) is 4.79. The van der Waals surface area contributed by atoms with Gasteiger partial charge in [0.25, 0.3) is 0 Å². The number of unbranched alkanes of at least 4 members (excludes halogenated alkanes) is 4. The summed E-state index contributed by atoms with van der Waals surface area (Å²) in [6, 6.07) is 7.21. The van der Waals surface area contributed by atoms with Crippen molar-refractivity contribution in [3.8, 4) is 5.75 Å². The maximum absolute atomic E-state index is 11.1. The smallest absolute Gasteiger partial charge is 0.159 e. The van der Waals surface area contributed by atoms with E-state index in [4.69, 9.17) is 9.84 Å². The fourth-order valence-corrected chi connectivity index (χ4v) is 2.82. The maximum Gasteiger partial charge on any atom is 0.159 e. The molecule has 3 nitrogen and oxygen atoms in total. The molecule has 1 fully saturated rings. The zero-order valence-corrected chi connectivity index (χ0v) is 16.1. The van der Waals surface area contributed by atoms with Crippen LogP contribution in [0.5, 0.6) is 5.75 Å². The Hall–Kier alpha value is -1.35. The Morgan fingerprint density at radius 3 is 2.28 bits per heavy atom. The lowest BCUT2D eigenvalue weighted by Gasteiger charge is -2.24. The molecule has 1 aliphatic carbocycles. The van der Waals surface area contributed by atoms with Gasteiger partial charge < -0.3 is 9.84 Å². The highest BCUT2D eigenvalue weighted by molar-refractivity contribution is 5.94. The largest absolute Gasteiger partial charge is 0.494 e. The minimum atomic E-state index is 0.0700. The van der Waals surface area contributed by atoms with Crippen molar-refractivity contribution in [1.82, 2.24) is 0 Å². The van der Waals surface area contributed by atoms with Crippen LogP contribution in [0, 0.1) is 5.92 Å². The molecule has 0 bridgehead atoms. The topological polar surface area (TPSA) is 46.5 Å². The summed E-state index contributed by atoms with van der Waals surface area (Å²) < 4.78 is 5.55. The lowest BCUT2D eigenvalue weighted by Crippen LogP contribution is -2.09. The van der Waals surface area contributed by atoms with Crippen molar-refractivity contribution < 1.29 is 14.6 Å². The summed E-state index contributed by atoms with van der Waals surface area (Å²) in [4.78, 5) is 11.1. The molecule has 0 heterocycles. The molecule has 0 amide bonds. The van der Waals surface area contributed by atoms with Crippen molar-refractivity contribution in [2.75, 3.05) is 13.2 Å². The highest BCUT2D eigenvalue weighted by Crippen LogP contribution is 2.30. The second-order valence-electron chi connectivity index (χ2n) is 7.01. The second kappa shape index (κ2) is 13.9. The van der Waals surface area contributed by atoms with Crippen LogP contribution in [-0.4, -0.2) is 24.1 Å². The van der Waals surface area contributed by atoms with Crippen LogP contribution in [0.2, 0.25) is 0 Å². The Bertz CT molecular complexity index is 449. The van der Waals surface area contributed by atoms with Gasteiger partial charge in [0, 0.05) is 12.2 Å². The van der Waals surface area contributed by atoms with Crippen LogP contribution in [0.25, 0.3) is 0 Å².